The summed E-state index contributed by atoms with van der Waals surface area (Å²) in [7, 11) is 0. The van der Waals surface area contributed by atoms with Gasteiger partial charge in [0.15, 0.2) is 22.9 Å². The molecule has 3 heterocycles. The van der Waals surface area contributed by atoms with Crippen molar-refractivity contribution in [3.63, 3.8) is 0 Å². The van der Waals surface area contributed by atoms with Crippen molar-refractivity contribution in [3.05, 3.63) is 83.4 Å². The van der Waals surface area contributed by atoms with Gasteiger partial charge in [0.1, 0.15) is 6.10 Å². The standard InChI is InChI=1S/C32H27F4N7O4S/c33-31(34)32(35,36)47-24-15-25-22(14-23(24)46-31)39-29(48-25)41-30(44)43(21-12-10-19(11-13-21)18-4-2-1-3-5-18)16-17-6-8-20(9-7-17)26-27(45-26)40-28(37)42-38/h4,6-15,26-27,38H,1-3,5,16H2,(H2,37,40)(H,39,41,44). The van der Waals surface area contributed by atoms with Crippen molar-refractivity contribution >= 4 is 49.9 Å². The van der Waals surface area contributed by atoms with Crippen LogP contribution in [0.5, 0.6) is 11.5 Å². The van der Waals surface area contributed by atoms with Crippen LogP contribution in [-0.4, -0.2) is 35.4 Å². The number of aromatic nitrogens is 1. The third-order valence-corrected chi connectivity index (χ3v) is 8.99. The summed E-state index contributed by atoms with van der Waals surface area (Å²) < 4.78 is 69.2. The highest BCUT2D eigenvalue weighted by molar-refractivity contribution is 7.22. The number of alkyl halides is 4. The Morgan fingerprint density at radius 1 is 1.04 bits per heavy atom. The van der Waals surface area contributed by atoms with E-state index in [1.165, 1.54) is 10.5 Å². The van der Waals surface area contributed by atoms with Gasteiger partial charge in [0.25, 0.3) is 0 Å². The number of amides is 2. The number of rotatable bonds is 7. The smallest absolute Gasteiger partial charge is 0.421 e. The van der Waals surface area contributed by atoms with Crippen LogP contribution in [0.25, 0.3) is 15.8 Å². The molecule has 1 fully saturated rings. The van der Waals surface area contributed by atoms with Crippen LogP contribution in [0.1, 0.15) is 48.5 Å². The van der Waals surface area contributed by atoms with Crippen LogP contribution in [0.2, 0.25) is 0 Å². The lowest BCUT2D eigenvalue weighted by molar-refractivity contribution is -0.391. The summed E-state index contributed by atoms with van der Waals surface area (Å²) in [6.45, 7) is 0.164. The number of benzene rings is 3. The zero-order chi connectivity index (χ0) is 33.6. The van der Waals surface area contributed by atoms with Crippen molar-refractivity contribution in [1.82, 2.24) is 4.98 Å². The summed E-state index contributed by atoms with van der Waals surface area (Å²) in [4.78, 5) is 23.6. The molecular weight excluding hydrogens is 654 g/mol. The molecule has 2 amide bonds. The van der Waals surface area contributed by atoms with Crippen molar-refractivity contribution in [2.45, 2.75) is 56.8 Å². The van der Waals surface area contributed by atoms with Crippen LogP contribution in [0, 0.1) is 5.53 Å². The fourth-order valence-electron chi connectivity index (χ4n) is 5.54. The van der Waals surface area contributed by atoms with Crippen molar-refractivity contribution < 1.29 is 36.6 Å². The van der Waals surface area contributed by atoms with E-state index in [1.54, 1.807) is 0 Å². The first-order valence-corrected chi connectivity index (χ1v) is 15.7. The predicted molar refractivity (Wildman–Crippen MR) is 170 cm³/mol. The first-order chi connectivity index (χ1) is 23.0. The average molecular weight is 682 g/mol. The highest BCUT2D eigenvalue weighted by atomic mass is 32.1. The molecular formula is C32H27F4N7O4S. The summed E-state index contributed by atoms with van der Waals surface area (Å²) in [6, 6.07) is 16.7. The number of aliphatic imine (C=N–C) groups is 1. The maximum Gasteiger partial charge on any atom is 0.507 e. The molecule has 2 unspecified atom stereocenters. The number of epoxide rings is 1. The second-order valence-corrected chi connectivity index (χ2v) is 12.4. The van der Waals surface area contributed by atoms with E-state index in [1.807, 2.05) is 48.5 Å². The lowest BCUT2D eigenvalue weighted by atomic mass is 9.93. The molecule has 2 aliphatic heterocycles. The number of fused-ring (bicyclic) bond motifs is 2. The van der Waals surface area contributed by atoms with E-state index >= 15 is 0 Å². The summed E-state index contributed by atoms with van der Waals surface area (Å²) in [6.07, 6.45) is -4.01. The SMILES string of the molecule is N=N/C(N)=N\C1OC1c1ccc(CN(C(=O)Nc2nc3cc4c(cc3s2)OC(F)(F)C(F)(F)O4)c2ccc(C3=CCCCC3)cc2)cc1. The Labute approximate surface area is 274 Å². The largest absolute Gasteiger partial charge is 0.507 e. The summed E-state index contributed by atoms with van der Waals surface area (Å²) >= 11 is 0.960. The van der Waals surface area contributed by atoms with Gasteiger partial charge in [-0.05, 0) is 60.1 Å². The second-order valence-electron chi connectivity index (χ2n) is 11.3. The first-order valence-electron chi connectivity index (χ1n) is 14.9. The number of carbonyl (C=O) groups is 1. The Morgan fingerprint density at radius 3 is 2.42 bits per heavy atom. The zero-order valence-electron chi connectivity index (χ0n) is 25.0. The van der Waals surface area contributed by atoms with Gasteiger partial charge in [-0.25, -0.2) is 20.3 Å². The maximum absolute atomic E-state index is 13.8. The minimum absolute atomic E-state index is 0.108. The molecule has 48 heavy (non-hydrogen) atoms. The molecule has 2 atom stereocenters. The number of urea groups is 1. The van der Waals surface area contributed by atoms with E-state index in [0.29, 0.717) is 10.4 Å². The van der Waals surface area contributed by atoms with Gasteiger partial charge in [-0.15, -0.1) is 5.11 Å². The molecule has 7 rings (SSSR count). The topological polar surface area (TPSA) is 151 Å². The van der Waals surface area contributed by atoms with E-state index in [2.05, 4.69) is 36.0 Å². The number of carbonyl (C=O) groups excluding carboxylic acids is 1. The Hall–Kier alpha value is -5.09. The number of nitrogens with one attached hydrogen (secondary N) is 2. The normalized spacial score (nSPS) is 20.9. The minimum atomic E-state index is -4.86. The number of anilines is 2. The predicted octanol–water partition coefficient (Wildman–Crippen LogP) is 8.19. The van der Waals surface area contributed by atoms with Gasteiger partial charge in [0.05, 0.1) is 16.8 Å². The van der Waals surface area contributed by atoms with E-state index in [0.717, 1.165) is 65.8 Å². The second kappa shape index (κ2) is 12.2. The molecule has 248 valence electrons. The molecule has 11 nitrogen and oxygen atoms in total. The van der Waals surface area contributed by atoms with Crippen molar-refractivity contribution in [2.75, 3.05) is 10.2 Å². The molecule has 0 radical (unpaired) electrons. The Morgan fingerprint density at radius 2 is 1.75 bits per heavy atom. The number of nitrogens with zero attached hydrogens (tertiary/aromatic N) is 4. The van der Waals surface area contributed by atoms with Gasteiger partial charge in [0.2, 0.25) is 5.96 Å². The number of nitrogens with two attached hydrogens (primary N) is 1. The quantitative estimate of drug-likeness (QED) is 0.0588. The van der Waals surface area contributed by atoms with Crippen molar-refractivity contribution in [1.29, 1.82) is 5.53 Å². The fourth-order valence-corrected chi connectivity index (χ4v) is 6.41. The van der Waals surface area contributed by atoms with E-state index in [-0.39, 0.29) is 29.3 Å². The van der Waals surface area contributed by atoms with Crippen molar-refractivity contribution in [2.24, 2.45) is 15.8 Å². The Balaban J connectivity index is 1.13. The van der Waals surface area contributed by atoms with Gasteiger partial charge in [0, 0.05) is 17.8 Å². The molecule has 0 saturated carbocycles. The molecule has 3 aliphatic rings. The van der Waals surface area contributed by atoms with Gasteiger partial charge in [-0.1, -0.05) is 53.8 Å². The number of halogens is 4. The summed E-state index contributed by atoms with van der Waals surface area (Å²) in [5, 5.41) is 5.94. The average Bonchev–Trinajstić information content (AvgIpc) is 3.73. The Kier molecular flexibility index (Phi) is 7.99. The number of hydrogen-bond acceptors (Lipinski definition) is 8. The molecule has 1 saturated heterocycles. The molecule has 3 aromatic carbocycles. The number of hydrogen-bond donors (Lipinski definition) is 3. The fraction of sp³-hybridized carbons (Fsp3) is 0.281. The monoisotopic (exact) mass is 681 g/mol. The van der Waals surface area contributed by atoms with Crippen LogP contribution >= 0.6 is 11.3 Å². The molecule has 0 spiro atoms. The number of ether oxygens (including phenoxy) is 3. The van der Waals surface area contributed by atoms with Gasteiger partial charge >= 0.3 is 18.2 Å². The Bertz CT molecular complexity index is 1900. The highest BCUT2D eigenvalue weighted by Gasteiger charge is 2.66. The third-order valence-electron chi connectivity index (χ3n) is 8.06. The number of thiazole rings is 1. The lowest BCUT2D eigenvalue weighted by Crippen LogP contribution is -2.52. The van der Waals surface area contributed by atoms with Gasteiger partial charge in [-0.2, -0.15) is 17.6 Å². The van der Waals surface area contributed by atoms with Crippen LogP contribution in [0.3, 0.4) is 0 Å². The van der Waals surface area contributed by atoms with E-state index in [9.17, 15) is 22.4 Å². The minimum Gasteiger partial charge on any atom is -0.421 e. The van der Waals surface area contributed by atoms with Gasteiger partial charge in [-0.3, -0.25) is 10.2 Å². The molecule has 4 N–H and O–H groups in total. The van der Waals surface area contributed by atoms with Crippen LogP contribution in [0.4, 0.5) is 33.2 Å². The molecule has 1 aromatic heterocycles. The van der Waals surface area contributed by atoms with Crippen LogP contribution in [-0.2, 0) is 11.3 Å². The first kappa shape index (κ1) is 31.5. The van der Waals surface area contributed by atoms with E-state index in [4.69, 9.17) is 16.0 Å². The molecule has 0 bridgehead atoms. The lowest BCUT2D eigenvalue weighted by Gasteiger charge is -2.31. The van der Waals surface area contributed by atoms with Gasteiger partial charge < -0.3 is 19.9 Å². The zero-order valence-corrected chi connectivity index (χ0v) is 25.8. The van der Waals surface area contributed by atoms with Crippen molar-refractivity contribution in [3.8, 4) is 11.5 Å². The summed E-state index contributed by atoms with van der Waals surface area (Å²) in [5.74, 6) is -1.34. The number of guanidine groups is 1. The highest BCUT2D eigenvalue weighted by Crippen LogP contribution is 2.49. The van der Waals surface area contributed by atoms with E-state index < -0.39 is 36.0 Å². The van der Waals surface area contributed by atoms with Crippen LogP contribution < -0.4 is 25.4 Å². The van der Waals surface area contributed by atoms with Crippen LogP contribution in [0.15, 0.2) is 76.8 Å². The summed E-state index contributed by atoms with van der Waals surface area (Å²) in [5.41, 5.74) is 17.2. The molecule has 16 heteroatoms. The molecule has 4 aromatic rings. The maximum atomic E-state index is 13.8. The number of allylic oxidation sites excluding steroid dienone is 2. The third kappa shape index (κ3) is 6.27. The molecule has 1 aliphatic carbocycles.